The minimum Gasteiger partial charge on any atom is -0.453 e. The van der Waals surface area contributed by atoms with Crippen molar-refractivity contribution in [2.75, 3.05) is 0 Å². The van der Waals surface area contributed by atoms with Gasteiger partial charge in [-0.15, -0.1) is 0 Å². The molecule has 2 aromatic heterocycles. The normalized spacial score (nSPS) is 10.8. The first-order valence-electron chi connectivity index (χ1n) is 5.79. The summed E-state index contributed by atoms with van der Waals surface area (Å²) >= 11 is 0. The molecule has 0 aliphatic rings. The Balaban J connectivity index is 2.09. The zero-order chi connectivity index (χ0) is 13.4. The number of rotatable bonds is 2. The van der Waals surface area contributed by atoms with Gasteiger partial charge in [-0.25, -0.2) is 4.39 Å². The van der Waals surface area contributed by atoms with Crippen LogP contribution in [0.1, 0.15) is 21.7 Å². The molecule has 0 spiro atoms. The van der Waals surface area contributed by atoms with Gasteiger partial charge in [0.15, 0.2) is 11.6 Å². The Kier molecular flexibility index (Phi) is 2.63. The summed E-state index contributed by atoms with van der Waals surface area (Å²) in [5.41, 5.74) is 1.65. The van der Waals surface area contributed by atoms with E-state index in [1.807, 2.05) is 19.1 Å². The molecule has 94 valence electrons. The van der Waals surface area contributed by atoms with Crippen LogP contribution >= 0.6 is 0 Å². The first-order valence-corrected chi connectivity index (χ1v) is 5.79. The van der Waals surface area contributed by atoms with Crippen LogP contribution in [-0.4, -0.2) is 10.8 Å². The average Bonchev–Trinajstić information content (AvgIpc) is 2.81. The van der Waals surface area contributed by atoms with Gasteiger partial charge in [0.25, 0.3) is 0 Å². The van der Waals surface area contributed by atoms with E-state index in [0.29, 0.717) is 5.58 Å². The number of carbonyl (C=O) groups is 1. The third-order valence-corrected chi connectivity index (χ3v) is 2.91. The highest BCUT2D eigenvalue weighted by Crippen LogP contribution is 2.23. The first-order chi connectivity index (χ1) is 9.15. The minimum absolute atomic E-state index is 0.0363. The highest BCUT2D eigenvalue weighted by molar-refractivity contribution is 6.09. The number of furan rings is 1. The van der Waals surface area contributed by atoms with E-state index in [9.17, 15) is 9.18 Å². The van der Waals surface area contributed by atoms with Crippen LogP contribution in [0.15, 0.2) is 47.1 Å². The molecule has 2 heterocycles. The predicted molar refractivity (Wildman–Crippen MR) is 68.6 cm³/mol. The number of halogens is 1. The smallest absolute Gasteiger partial charge is 0.231 e. The maximum atomic E-state index is 13.5. The van der Waals surface area contributed by atoms with E-state index < -0.39 is 11.6 Å². The van der Waals surface area contributed by atoms with Gasteiger partial charge in [0.1, 0.15) is 5.58 Å². The number of benzene rings is 1. The van der Waals surface area contributed by atoms with E-state index in [1.165, 1.54) is 12.3 Å². The molecule has 0 atom stereocenters. The van der Waals surface area contributed by atoms with Crippen molar-refractivity contribution in [3.8, 4) is 0 Å². The number of fused-ring (bicyclic) bond motifs is 1. The number of carbonyl (C=O) groups excluding carboxylic acids is 1. The Morgan fingerprint density at radius 2 is 2.11 bits per heavy atom. The van der Waals surface area contributed by atoms with Gasteiger partial charge < -0.3 is 4.42 Å². The number of nitrogens with zero attached hydrogens (tertiary/aromatic N) is 1. The fourth-order valence-electron chi connectivity index (χ4n) is 1.97. The van der Waals surface area contributed by atoms with Crippen molar-refractivity contribution < 1.29 is 13.6 Å². The molecular weight excluding hydrogens is 245 g/mol. The van der Waals surface area contributed by atoms with Gasteiger partial charge in [0, 0.05) is 11.6 Å². The summed E-state index contributed by atoms with van der Waals surface area (Å²) in [5.74, 6) is -0.997. The summed E-state index contributed by atoms with van der Waals surface area (Å²) in [6, 6.07) is 8.58. The van der Waals surface area contributed by atoms with E-state index >= 15 is 0 Å². The Hall–Kier alpha value is -2.49. The second kappa shape index (κ2) is 4.31. The van der Waals surface area contributed by atoms with Crippen molar-refractivity contribution >= 4 is 16.8 Å². The van der Waals surface area contributed by atoms with Crippen molar-refractivity contribution in [2.45, 2.75) is 6.92 Å². The molecule has 0 bridgehead atoms. The predicted octanol–water partition coefficient (Wildman–Crippen LogP) is 3.51. The lowest BCUT2D eigenvalue weighted by Crippen LogP contribution is -2.03. The molecule has 3 aromatic rings. The maximum Gasteiger partial charge on any atom is 0.231 e. The minimum atomic E-state index is -0.649. The molecule has 0 aliphatic carbocycles. The van der Waals surface area contributed by atoms with Crippen LogP contribution in [-0.2, 0) is 0 Å². The molecule has 0 N–H and O–H groups in total. The lowest BCUT2D eigenvalue weighted by molar-refractivity contribution is 0.101. The number of pyridine rings is 1. The quantitative estimate of drug-likeness (QED) is 0.658. The Morgan fingerprint density at radius 3 is 2.89 bits per heavy atom. The van der Waals surface area contributed by atoms with Crippen LogP contribution in [0.3, 0.4) is 0 Å². The van der Waals surface area contributed by atoms with E-state index in [4.69, 9.17) is 4.42 Å². The largest absolute Gasteiger partial charge is 0.453 e. The lowest BCUT2D eigenvalue weighted by atomic mass is 10.1. The van der Waals surface area contributed by atoms with Crippen LogP contribution in [0.5, 0.6) is 0 Å². The van der Waals surface area contributed by atoms with Crippen molar-refractivity contribution in [3.05, 3.63) is 65.4 Å². The molecule has 0 aliphatic heterocycles. The number of ketones is 1. The second-order valence-corrected chi connectivity index (χ2v) is 4.34. The molecule has 0 saturated carbocycles. The van der Waals surface area contributed by atoms with Crippen LogP contribution in [0.4, 0.5) is 4.39 Å². The molecule has 0 amide bonds. The van der Waals surface area contributed by atoms with Gasteiger partial charge in [0.05, 0.1) is 11.8 Å². The van der Waals surface area contributed by atoms with Crippen molar-refractivity contribution in [1.82, 2.24) is 4.98 Å². The number of hydrogen-bond donors (Lipinski definition) is 0. The topological polar surface area (TPSA) is 43.1 Å². The average molecular weight is 255 g/mol. The molecule has 3 rings (SSSR count). The number of hydrogen-bond acceptors (Lipinski definition) is 3. The van der Waals surface area contributed by atoms with E-state index in [-0.39, 0.29) is 11.3 Å². The summed E-state index contributed by atoms with van der Waals surface area (Å²) in [7, 11) is 0. The van der Waals surface area contributed by atoms with Crippen LogP contribution in [0.25, 0.3) is 11.0 Å². The summed E-state index contributed by atoms with van der Waals surface area (Å²) in [4.78, 5) is 15.8. The highest BCUT2D eigenvalue weighted by Gasteiger charge is 2.18. The molecule has 0 unspecified atom stereocenters. The third kappa shape index (κ3) is 2.01. The summed E-state index contributed by atoms with van der Waals surface area (Å²) in [5, 5.41) is 0.831. The zero-order valence-corrected chi connectivity index (χ0v) is 10.2. The summed E-state index contributed by atoms with van der Waals surface area (Å²) in [6.45, 7) is 1.95. The number of aromatic nitrogens is 1. The summed E-state index contributed by atoms with van der Waals surface area (Å²) < 4.78 is 19.0. The monoisotopic (exact) mass is 255 g/mol. The van der Waals surface area contributed by atoms with Gasteiger partial charge in [-0.2, -0.15) is 0 Å². The van der Waals surface area contributed by atoms with Crippen molar-refractivity contribution in [3.63, 3.8) is 0 Å². The molecule has 19 heavy (non-hydrogen) atoms. The molecule has 0 radical (unpaired) electrons. The molecule has 0 fully saturated rings. The standard InChI is InChI=1S/C15H10FNO2/c1-9-2-3-13-10(6-9)7-14(19-13)15(18)11-4-5-17-8-12(11)16/h2-8H,1H3. The maximum absolute atomic E-state index is 13.5. The van der Waals surface area contributed by atoms with E-state index in [2.05, 4.69) is 4.98 Å². The van der Waals surface area contributed by atoms with Gasteiger partial charge in [-0.1, -0.05) is 11.6 Å². The Bertz CT molecular complexity index is 777. The molecule has 4 heteroatoms. The lowest BCUT2D eigenvalue weighted by Gasteiger charge is -1.97. The van der Waals surface area contributed by atoms with Crippen LogP contribution in [0, 0.1) is 12.7 Å². The highest BCUT2D eigenvalue weighted by atomic mass is 19.1. The van der Waals surface area contributed by atoms with Gasteiger partial charge in [0.2, 0.25) is 5.78 Å². The zero-order valence-electron chi connectivity index (χ0n) is 10.2. The van der Waals surface area contributed by atoms with E-state index in [0.717, 1.165) is 17.1 Å². The SMILES string of the molecule is Cc1ccc2oc(C(=O)c3ccncc3F)cc2c1. The third-order valence-electron chi connectivity index (χ3n) is 2.91. The first kappa shape index (κ1) is 11.6. The fraction of sp³-hybridized carbons (Fsp3) is 0.0667. The van der Waals surface area contributed by atoms with Gasteiger partial charge in [-0.05, 0) is 31.2 Å². The van der Waals surface area contributed by atoms with E-state index in [1.54, 1.807) is 12.1 Å². The van der Waals surface area contributed by atoms with Gasteiger partial charge >= 0.3 is 0 Å². The molecule has 3 nitrogen and oxygen atoms in total. The second-order valence-electron chi connectivity index (χ2n) is 4.34. The number of aryl methyl sites for hydroxylation is 1. The molecular formula is C15H10FNO2. The van der Waals surface area contributed by atoms with Crippen LogP contribution < -0.4 is 0 Å². The van der Waals surface area contributed by atoms with Crippen molar-refractivity contribution in [1.29, 1.82) is 0 Å². The fourth-order valence-corrected chi connectivity index (χ4v) is 1.97. The Labute approximate surface area is 108 Å². The molecule has 0 saturated heterocycles. The van der Waals surface area contributed by atoms with Crippen LogP contribution in [0.2, 0.25) is 0 Å². The Morgan fingerprint density at radius 1 is 1.26 bits per heavy atom. The van der Waals surface area contributed by atoms with Crippen molar-refractivity contribution in [2.24, 2.45) is 0 Å². The van der Waals surface area contributed by atoms with Gasteiger partial charge in [-0.3, -0.25) is 9.78 Å². The molecule has 1 aromatic carbocycles. The summed E-state index contributed by atoms with van der Waals surface area (Å²) in [6.07, 6.45) is 2.39.